The Morgan fingerprint density at radius 3 is 2.55 bits per heavy atom. The molecule has 0 saturated heterocycles. The molecule has 0 N–H and O–H groups in total. The predicted molar refractivity (Wildman–Crippen MR) is 80.7 cm³/mol. The summed E-state index contributed by atoms with van der Waals surface area (Å²) in [6.07, 6.45) is 1.80. The quantitative estimate of drug-likeness (QED) is 0.670. The van der Waals surface area contributed by atoms with Crippen LogP contribution in [0.15, 0.2) is 29.3 Å². The average molecular weight is 267 g/mol. The van der Waals surface area contributed by atoms with E-state index < -0.39 is 0 Å². The summed E-state index contributed by atoms with van der Waals surface area (Å²) < 4.78 is 3.89. The summed E-state index contributed by atoms with van der Waals surface area (Å²) >= 11 is 0. The number of hydrogen-bond donors (Lipinski definition) is 0. The number of nitrogens with zero attached hydrogens (tertiary/aromatic N) is 5. The first-order valence-corrected chi connectivity index (χ1v) is 6.53. The topological polar surface area (TPSA) is 48.0 Å². The fourth-order valence-corrected chi connectivity index (χ4v) is 2.35. The minimum Gasteiger partial charge on any atom is -0.326 e. The van der Waals surface area contributed by atoms with Crippen LogP contribution in [0.25, 0.3) is 11.0 Å². The molecule has 3 aromatic rings. The molecule has 5 nitrogen and oxygen atoms in total. The van der Waals surface area contributed by atoms with Crippen LogP contribution < -0.4 is 0 Å². The van der Waals surface area contributed by atoms with E-state index in [0.29, 0.717) is 0 Å². The summed E-state index contributed by atoms with van der Waals surface area (Å²) in [4.78, 5) is 9.14. The second-order valence-corrected chi connectivity index (χ2v) is 4.92. The van der Waals surface area contributed by atoms with E-state index in [-0.39, 0.29) is 0 Å². The van der Waals surface area contributed by atoms with Gasteiger partial charge >= 0.3 is 0 Å². The van der Waals surface area contributed by atoms with Crippen LogP contribution in [0.2, 0.25) is 0 Å². The first-order chi connectivity index (χ1) is 9.58. The number of hydrogen-bond acceptors (Lipinski definition) is 3. The summed E-state index contributed by atoms with van der Waals surface area (Å²) in [6, 6.07) is 8.07. The van der Waals surface area contributed by atoms with Crippen molar-refractivity contribution in [3.63, 3.8) is 0 Å². The number of rotatable bonds is 2. The van der Waals surface area contributed by atoms with Crippen molar-refractivity contribution in [3.8, 4) is 0 Å². The summed E-state index contributed by atoms with van der Waals surface area (Å²) in [5.74, 6) is 0.842. The number of fused-ring (bicyclic) bond motifs is 1. The molecule has 0 aliphatic rings. The van der Waals surface area contributed by atoms with Crippen molar-refractivity contribution >= 4 is 22.9 Å². The fourth-order valence-electron chi connectivity index (χ4n) is 2.35. The normalized spacial score (nSPS) is 11.8. The largest absolute Gasteiger partial charge is 0.326 e. The number of para-hydroxylation sites is 2. The molecule has 20 heavy (non-hydrogen) atoms. The molecule has 0 spiro atoms. The molecule has 0 aliphatic carbocycles. The van der Waals surface area contributed by atoms with Crippen molar-refractivity contribution in [3.05, 3.63) is 41.5 Å². The van der Waals surface area contributed by atoms with Gasteiger partial charge in [0.25, 0.3) is 0 Å². The second-order valence-electron chi connectivity index (χ2n) is 4.92. The van der Waals surface area contributed by atoms with Crippen molar-refractivity contribution in [2.24, 2.45) is 19.1 Å². The molecular formula is C15H17N5. The number of aromatic nitrogens is 4. The third kappa shape index (κ3) is 1.91. The lowest BCUT2D eigenvalue weighted by atomic mass is 10.3. The molecule has 0 amide bonds. The molecule has 0 atom stereocenters. The fraction of sp³-hybridized carbons (Fsp3) is 0.267. The van der Waals surface area contributed by atoms with Crippen LogP contribution in [0.1, 0.15) is 17.2 Å². The average Bonchev–Trinajstić information content (AvgIpc) is 2.87. The van der Waals surface area contributed by atoms with Gasteiger partial charge in [-0.3, -0.25) is 4.68 Å². The van der Waals surface area contributed by atoms with Crippen molar-refractivity contribution in [2.75, 3.05) is 0 Å². The van der Waals surface area contributed by atoms with E-state index in [4.69, 9.17) is 0 Å². The Kier molecular flexibility index (Phi) is 2.89. The van der Waals surface area contributed by atoms with Gasteiger partial charge in [-0.1, -0.05) is 12.1 Å². The highest BCUT2D eigenvalue weighted by molar-refractivity contribution is 5.86. The molecular weight excluding hydrogens is 250 g/mol. The Bertz CT molecular complexity index is 807. The molecule has 2 heterocycles. The Hall–Kier alpha value is -2.43. The van der Waals surface area contributed by atoms with Crippen molar-refractivity contribution in [2.45, 2.75) is 13.8 Å². The van der Waals surface area contributed by atoms with E-state index in [9.17, 15) is 0 Å². The van der Waals surface area contributed by atoms with Crippen LogP contribution in [0.4, 0.5) is 5.69 Å². The van der Waals surface area contributed by atoms with E-state index in [0.717, 1.165) is 33.9 Å². The standard InChI is InChI=1S/C15H17N5/c1-10-15(11(2)20(4)18-10)16-9-14-17-12-7-5-6-8-13(12)19(14)3/h5-9H,1-4H3. The van der Waals surface area contributed by atoms with Crippen molar-refractivity contribution in [1.82, 2.24) is 19.3 Å². The SMILES string of the molecule is Cc1nn(C)c(C)c1N=Cc1nc2ccccc2n1C. The number of benzene rings is 1. The number of imidazole rings is 1. The van der Waals surface area contributed by atoms with Gasteiger partial charge in [0.15, 0.2) is 5.82 Å². The van der Waals surface area contributed by atoms with Crippen LogP contribution >= 0.6 is 0 Å². The molecule has 0 saturated carbocycles. The Labute approximate surface area is 117 Å². The van der Waals surface area contributed by atoms with Gasteiger partial charge in [0.05, 0.1) is 28.6 Å². The molecule has 0 radical (unpaired) electrons. The van der Waals surface area contributed by atoms with Gasteiger partial charge in [0.2, 0.25) is 0 Å². The van der Waals surface area contributed by atoms with Crippen LogP contribution in [-0.4, -0.2) is 25.5 Å². The van der Waals surface area contributed by atoms with Crippen LogP contribution in [0.3, 0.4) is 0 Å². The lowest BCUT2D eigenvalue weighted by Gasteiger charge is -1.97. The second kappa shape index (κ2) is 4.59. The van der Waals surface area contributed by atoms with Gasteiger partial charge in [-0.2, -0.15) is 5.10 Å². The van der Waals surface area contributed by atoms with E-state index in [2.05, 4.69) is 21.1 Å². The van der Waals surface area contributed by atoms with Gasteiger partial charge in [0.1, 0.15) is 5.69 Å². The highest BCUT2D eigenvalue weighted by atomic mass is 15.3. The Morgan fingerprint density at radius 1 is 1.15 bits per heavy atom. The third-order valence-electron chi connectivity index (χ3n) is 3.60. The van der Waals surface area contributed by atoms with Crippen LogP contribution in [0.5, 0.6) is 0 Å². The van der Waals surface area contributed by atoms with Gasteiger partial charge in [0, 0.05) is 14.1 Å². The Morgan fingerprint density at radius 2 is 1.90 bits per heavy atom. The highest BCUT2D eigenvalue weighted by Crippen LogP contribution is 2.22. The zero-order valence-corrected chi connectivity index (χ0v) is 12.1. The smallest absolute Gasteiger partial charge is 0.152 e. The van der Waals surface area contributed by atoms with Gasteiger partial charge in [-0.15, -0.1) is 0 Å². The van der Waals surface area contributed by atoms with E-state index in [1.165, 1.54) is 0 Å². The molecule has 102 valence electrons. The first kappa shape index (κ1) is 12.6. The summed E-state index contributed by atoms with van der Waals surface area (Å²) in [6.45, 7) is 3.98. The molecule has 2 aromatic heterocycles. The monoisotopic (exact) mass is 267 g/mol. The lowest BCUT2D eigenvalue weighted by Crippen LogP contribution is -1.96. The van der Waals surface area contributed by atoms with E-state index in [1.54, 1.807) is 6.21 Å². The zero-order chi connectivity index (χ0) is 14.3. The number of aliphatic imine (C=N–C) groups is 1. The van der Waals surface area contributed by atoms with Gasteiger partial charge in [-0.25, -0.2) is 9.98 Å². The lowest BCUT2D eigenvalue weighted by molar-refractivity contribution is 0.731. The Balaban J connectivity index is 2.04. The summed E-state index contributed by atoms with van der Waals surface area (Å²) in [5.41, 5.74) is 4.99. The molecule has 0 unspecified atom stereocenters. The maximum atomic E-state index is 4.58. The van der Waals surface area contributed by atoms with E-state index >= 15 is 0 Å². The van der Waals surface area contributed by atoms with E-state index in [1.807, 2.05) is 55.4 Å². The highest BCUT2D eigenvalue weighted by Gasteiger charge is 2.09. The minimum atomic E-state index is 0.842. The molecule has 0 fully saturated rings. The summed E-state index contributed by atoms with van der Waals surface area (Å²) in [7, 11) is 3.93. The van der Waals surface area contributed by atoms with Gasteiger partial charge < -0.3 is 4.57 Å². The van der Waals surface area contributed by atoms with Gasteiger partial charge in [-0.05, 0) is 26.0 Å². The van der Waals surface area contributed by atoms with Crippen molar-refractivity contribution in [1.29, 1.82) is 0 Å². The van der Waals surface area contributed by atoms with Crippen molar-refractivity contribution < 1.29 is 0 Å². The zero-order valence-electron chi connectivity index (χ0n) is 12.1. The first-order valence-electron chi connectivity index (χ1n) is 6.53. The molecule has 3 rings (SSSR count). The maximum absolute atomic E-state index is 4.58. The summed E-state index contributed by atoms with van der Waals surface area (Å²) in [5, 5.41) is 4.36. The molecule has 0 aliphatic heterocycles. The maximum Gasteiger partial charge on any atom is 0.152 e. The molecule has 1 aromatic carbocycles. The molecule has 0 bridgehead atoms. The minimum absolute atomic E-state index is 0.842. The molecule has 5 heteroatoms. The third-order valence-corrected chi connectivity index (χ3v) is 3.60. The van der Waals surface area contributed by atoms with Crippen LogP contribution in [-0.2, 0) is 14.1 Å². The van der Waals surface area contributed by atoms with Crippen LogP contribution in [0, 0.1) is 13.8 Å². The number of aryl methyl sites for hydroxylation is 3. The predicted octanol–water partition coefficient (Wildman–Crippen LogP) is 2.67.